The maximum atomic E-state index is 6.11. The molecule has 0 aliphatic rings. The van der Waals surface area contributed by atoms with Crippen LogP contribution in [-0.2, 0) is 0 Å². The number of rotatable bonds is 4. The standard InChI is InChI=1S/C22H27N3S/c1-7-18(17-13-19(23)15(2)20(26)14-17)21(16-11-9-8-10-12-16)24-25(6)22(3,4)5/h7-14,26H,1-2,23H2,3-6H3/b18-17-,24-21-. The number of nitrogens with two attached hydrogens (primary N) is 1. The average Bonchev–Trinajstić information content (AvgIpc) is 2.59. The molecule has 2 N–H and O–H groups in total. The zero-order chi connectivity index (χ0) is 19.5. The molecule has 0 aromatic heterocycles. The summed E-state index contributed by atoms with van der Waals surface area (Å²) < 4.78 is 0. The van der Waals surface area contributed by atoms with Gasteiger partial charge in [0.05, 0.1) is 5.71 Å². The SMILES string of the molecule is C=CC(/C(=N\N(C)C(C)(C)C)c1ccccc1)=c1\cc(N)c(=C)c(S)c1. The monoisotopic (exact) mass is 365 g/mol. The van der Waals surface area contributed by atoms with Gasteiger partial charge in [0, 0.05) is 39.5 Å². The predicted molar refractivity (Wildman–Crippen MR) is 117 cm³/mol. The number of hydrogen-bond donors (Lipinski definition) is 2. The molecule has 26 heavy (non-hydrogen) atoms. The molecule has 136 valence electrons. The summed E-state index contributed by atoms with van der Waals surface area (Å²) in [5.41, 5.74) is 9.34. The van der Waals surface area contributed by atoms with Gasteiger partial charge in [0.15, 0.2) is 0 Å². The Hall–Kier alpha value is -2.46. The largest absolute Gasteiger partial charge is 0.398 e. The summed E-state index contributed by atoms with van der Waals surface area (Å²) in [7, 11) is 1.97. The first kappa shape index (κ1) is 19.9. The van der Waals surface area contributed by atoms with E-state index in [4.69, 9.17) is 10.8 Å². The van der Waals surface area contributed by atoms with Crippen LogP contribution in [0.1, 0.15) is 26.3 Å². The fourth-order valence-electron chi connectivity index (χ4n) is 2.35. The Balaban J connectivity index is 2.83. The number of nitrogens with zero attached hydrogens (tertiary/aromatic N) is 2. The Labute approximate surface area is 161 Å². The fourth-order valence-corrected chi connectivity index (χ4v) is 2.62. The van der Waals surface area contributed by atoms with Crippen molar-refractivity contribution in [3.63, 3.8) is 0 Å². The van der Waals surface area contributed by atoms with Gasteiger partial charge in [0.1, 0.15) is 0 Å². The van der Waals surface area contributed by atoms with Crippen molar-refractivity contribution in [1.29, 1.82) is 0 Å². The van der Waals surface area contributed by atoms with Gasteiger partial charge in [0.2, 0.25) is 0 Å². The van der Waals surface area contributed by atoms with E-state index in [0.29, 0.717) is 5.69 Å². The van der Waals surface area contributed by atoms with Crippen LogP contribution in [0.3, 0.4) is 0 Å². The topological polar surface area (TPSA) is 41.6 Å². The van der Waals surface area contributed by atoms with Crippen molar-refractivity contribution in [1.82, 2.24) is 5.01 Å². The lowest BCUT2D eigenvalue weighted by molar-refractivity contribution is 0.184. The van der Waals surface area contributed by atoms with Crippen LogP contribution in [0.5, 0.6) is 0 Å². The molecule has 0 amide bonds. The van der Waals surface area contributed by atoms with Gasteiger partial charge in [-0.25, -0.2) is 0 Å². The van der Waals surface area contributed by atoms with Crippen molar-refractivity contribution in [3.8, 4) is 0 Å². The van der Waals surface area contributed by atoms with Crippen molar-refractivity contribution >= 4 is 36.2 Å². The summed E-state index contributed by atoms with van der Waals surface area (Å²) in [6, 6.07) is 13.9. The van der Waals surface area contributed by atoms with E-state index in [9.17, 15) is 0 Å². The molecule has 2 aromatic rings. The van der Waals surface area contributed by atoms with Crippen LogP contribution in [0.25, 0.3) is 12.2 Å². The van der Waals surface area contributed by atoms with Gasteiger partial charge < -0.3 is 5.73 Å². The first-order valence-electron chi connectivity index (χ1n) is 8.47. The Morgan fingerprint density at radius 1 is 1.19 bits per heavy atom. The number of anilines is 1. The molecular formula is C22H27N3S. The highest BCUT2D eigenvalue weighted by Gasteiger charge is 2.18. The molecular weight excluding hydrogens is 338 g/mol. The van der Waals surface area contributed by atoms with Gasteiger partial charge in [-0.3, -0.25) is 5.01 Å². The second-order valence-electron chi connectivity index (χ2n) is 7.19. The van der Waals surface area contributed by atoms with Crippen LogP contribution < -0.4 is 16.2 Å². The number of hydrazone groups is 1. The highest BCUT2D eigenvalue weighted by atomic mass is 32.1. The summed E-state index contributed by atoms with van der Waals surface area (Å²) in [6.45, 7) is 14.3. The van der Waals surface area contributed by atoms with Crippen LogP contribution in [0.15, 0.2) is 65.1 Å². The Morgan fingerprint density at radius 3 is 2.31 bits per heavy atom. The van der Waals surface area contributed by atoms with E-state index in [1.54, 1.807) is 0 Å². The van der Waals surface area contributed by atoms with Crippen LogP contribution in [0.4, 0.5) is 5.69 Å². The van der Waals surface area contributed by atoms with Crippen molar-refractivity contribution in [3.05, 3.63) is 71.1 Å². The third-order valence-corrected chi connectivity index (χ3v) is 4.70. The van der Waals surface area contributed by atoms with Gasteiger partial charge in [-0.05, 0) is 38.1 Å². The van der Waals surface area contributed by atoms with E-state index in [1.165, 1.54) is 0 Å². The lowest BCUT2D eigenvalue weighted by Gasteiger charge is -2.30. The fraction of sp³-hybridized carbons (Fsp3) is 0.227. The van der Waals surface area contributed by atoms with Gasteiger partial charge in [-0.15, -0.1) is 12.6 Å². The van der Waals surface area contributed by atoms with E-state index in [1.807, 2.05) is 60.6 Å². The molecule has 0 fully saturated rings. The molecule has 0 spiro atoms. The molecule has 0 unspecified atom stereocenters. The summed E-state index contributed by atoms with van der Waals surface area (Å²) in [5, 5.41) is 8.51. The van der Waals surface area contributed by atoms with E-state index < -0.39 is 0 Å². The van der Waals surface area contributed by atoms with E-state index >= 15 is 0 Å². The quantitative estimate of drug-likeness (QED) is 0.377. The van der Waals surface area contributed by atoms with Crippen molar-refractivity contribution in [2.24, 2.45) is 5.10 Å². The number of allylic oxidation sites excluding steroid dienone is 1. The molecule has 0 aliphatic heterocycles. The summed E-state index contributed by atoms with van der Waals surface area (Å²) in [4.78, 5) is 0.746. The summed E-state index contributed by atoms with van der Waals surface area (Å²) >= 11 is 4.50. The highest BCUT2D eigenvalue weighted by Crippen LogP contribution is 2.17. The van der Waals surface area contributed by atoms with E-state index in [-0.39, 0.29) is 5.54 Å². The molecule has 2 aromatic carbocycles. The first-order chi connectivity index (χ1) is 12.1. The number of thiol groups is 1. The minimum atomic E-state index is -0.114. The van der Waals surface area contributed by atoms with E-state index in [2.05, 4.69) is 46.6 Å². The molecule has 2 rings (SSSR count). The highest BCUT2D eigenvalue weighted by molar-refractivity contribution is 7.80. The Morgan fingerprint density at radius 2 is 1.81 bits per heavy atom. The summed E-state index contributed by atoms with van der Waals surface area (Å²) in [5.74, 6) is 0. The van der Waals surface area contributed by atoms with Gasteiger partial charge in [-0.1, -0.05) is 49.6 Å². The molecule has 0 bridgehead atoms. The average molecular weight is 366 g/mol. The second-order valence-corrected chi connectivity index (χ2v) is 7.67. The lowest BCUT2D eigenvalue weighted by atomic mass is 9.99. The minimum absolute atomic E-state index is 0.114. The number of benzene rings is 2. The van der Waals surface area contributed by atoms with Crippen LogP contribution in [0, 0.1) is 0 Å². The zero-order valence-electron chi connectivity index (χ0n) is 16.0. The normalized spacial score (nSPS) is 13.3. The molecule has 0 aliphatic carbocycles. The van der Waals surface area contributed by atoms with Gasteiger partial charge in [-0.2, -0.15) is 5.10 Å². The predicted octanol–water partition coefficient (Wildman–Crippen LogP) is 3.44. The van der Waals surface area contributed by atoms with Gasteiger partial charge in [0.25, 0.3) is 0 Å². The van der Waals surface area contributed by atoms with Crippen molar-refractivity contribution < 1.29 is 0 Å². The maximum Gasteiger partial charge on any atom is 0.0982 e. The zero-order valence-corrected chi connectivity index (χ0v) is 16.8. The second kappa shape index (κ2) is 7.83. The maximum absolute atomic E-state index is 6.11. The molecule has 0 heterocycles. The molecule has 4 heteroatoms. The number of nitrogen functional groups attached to an aromatic ring is 1. The molecule has 0 radical (unpaired) electrons. The van der Waals surface area contributed by atoms with Crippen molar-refractivity contribution in [2.45, 2.75) is 31.2 Å². The van der Waals surface area contributed by atoms with Crippen LogP contribution in [-0.4, -0.2) is 23.3 Å². The minimum Gasteiger partial charge on any atom is -0.398 e. The summed E-state index contributed by atoms with van der Waals surface area (Å²) in [6.07, 6.45) is 1.81. The van der Waals surface area contributed by atoms with Crippen LogP contribution >= 0.6 is 12.6 Å². The van der Waals surface area contributed by atoms with Gasteiger partial charge >= 0.3 is 0 Å². The van der Waals surface area contributed by atoms with Crippen molar-refractivity contribution in [2.75, 3.05) is 12.8 Å². The lowest BCUT2D eigenvalue weighted by Crippen LogP contribution is -2.35. The van der Waals surface area contributed by atoms with Crippen LogP contribution in [0.2, 0.25) is 0 Å². The third kappa shape index (κ3) is 4.38. The Kier molecular flexibility index (Phi) is 5.98. The number of hydrogen-bond acceptors (Lipinski definition) is 4. The third-order valence-electron chi connectivity index (χ3n) is 4.30. The smallest absolute Gasteiger partial charge is 0.0982 e. The molecule has 0 saturated carbocycles. The molecule has 0 atom stereocenters. The molecule has 0 saturated heterocycles. The molecule has 3 nitrogen and oxygen atoms in total. The Bertz CT molecular complexity index is 909. The first-order valence-corrected chi connectivity index (χ1v) is 8.92. The van der Waals surface area contributed by atoms with E-state index in [0.717, 1.165) is 32.2 Å².